The van der Waals surface area contributed by atoms with E-state index in [0.29, 0.717) is 0 Å². The summed E-state index contributed by atoms with van der Waals surface area (Å²) in [6.07, 6.45) is 1.17. The monoisotopic (exact) mass is 403 g/mol. The largest absolute Gasteiger partial charge is 0.480 e. The predicted octanol–water partition coefficient (Wildman–Crippen LogP) is 2.97. The number of para-hydroxylation sites is 1. The molecular weight excluding hydrogens is 374 g/mol. The summed E-state index contributed by atoms with van der Waals surface area (Å²) in [4.78, 5) is 39.2. The molecule has 158 valence electrons. The average Bonchev–Trinajstić information content (AvgIpc) is 2.94. The lowest BCUT2D eigenvalue weighted by Crippen LogP contribution is -2.50. The van der Waals surface area contributed by atoms with Gasteiger partial charge in [0.1, 0.15) is 11.6 Å². The number of amides is 2. The molecule has 0 bridgehead atoms. The summed E-state index contributed by atoms with van der Waals surface area (Å²) in [6.45, 7) is 8.58. The van der Waals surface area contributed by atoms with Crippen LogP contribution in [0, 0.1) is 0 Å². The number of carbonyl (C=O) groups excluding carboxylic acids is 2. The van der Waals surface area contributed by atoms with Crippen LogP contribution in [-0.2, 0) is 20.7 Å². The standard InChI is InChI=1S/C21H29N3O5/c1-20(2,3)29-19(28)24-21(4,5)11-17(25)23-16(18(26)27)10-13-12-22-15-9-7-6-8-14(13)15/h6-9,12,16,22H,10-11H2,1-5H3,(H,23,25)(H,24,28)(H,26,27). The third-order valence-corrected chi connectivity index (χ3v) is 4.17. The number of aromatic nitrogens is 1. The van der Waals surface area contributed by atoms with E-state index in [1.807, 2.05) is 24.3 Å². The summed E-state index contributed by atoms with van der Waals surface area (Å²) < 4.78 is 5.21. The topological polar surface area (TPSA) is 121 Å². The van der Waals surface area contributed by atoms with Gasteiger partial charge in [-0.05, 0) is 46.2 Å². The molecule has 0 fully saturated rings. The number of hydrogen-bond acceptors (Lipinski definition) is 4. The summed E-state index contributed by atoms with van der Waals surface area (Å²) in [5.41, 5.74) is 0.145. The van der Waals surface area contributed by atoms with Crippen molar-refractivity contribution >= 4 is 28.9 Å². The summed E-state index contributed by atoms with van der Waals surface area (Å²) >= 11 is 0. The van der Waals surface area contributed by atoms with Crippen molar-refractivity contribution in [2.75, 3.05) is 0 Å². The Labute approximate surface area is 170 Å². The van der Waals surface area contributed by atoms with E-state index in [-0.39, 0.29) is 12.8 Å². The second-order valence-electron chi connectivity index (χ2n) is 8.71. The number of hydrogen-bond donors (Lipinski definition) is 4. The van der Waals surface area contributed by atoms with Gasteiger partial charge in [0.2, 0.25) is 5.91 Å². The first-order valence-electron chi connectivity index (χ1n) is 9.45. The number of nitrogens with one attached hydrogen (secondary N) is 3. The van der Waals surface area contributed by atoms with Crippen LogP contribution in [0.1, 0.15) is 46.6 Å². The molecule has 0 aliphatic carbocycles. The quantitative estimate of drug-likeness (QED) is 0.566. The summed E-state index contributed by atoms with van der Waals surface area (Å²) in [5, 5.41) is 15.7. The smallest absolute Gasteiger partial charge is 0.408 e. The molecule has 0 spiro atoms. The molecule has 1 aromatic heterocycles. The first-order valence-corrected chi connectivity index (χ1v) is 9.45. The van der Waals surface area contributed by atoms with Crippen LogP contribution in [0.2, 0.25) is 0 Å². The van der Waals surface area contributed by atoms with Gasteiger partial charge in [-0.25, -0.2) is 9.59 Å². The van der Waals surface area contributed by atoms with Gasteiger partial charge in [0.05, 0.1) is 0 Å². The number of aromatic amines is 1. The molecule has 2 rings (SSSR count). The molecule has 29 heavy (non-hydrogen) atoms. The van der Waals surface area contributed by atoms with E-state index in [2.05, 4.69) is 15.6 Å². The number of benzene rings is 1. The van der Waals surface area contributed by atoms with E-state index < -0.39 is 35.2 Å². The Kier molecular flexibility index (Phi) is 6.56. The molecule has 0 saturated carbocycles. The Bertz CT molecular complexity index is 895. The number of H-pyrrole nitrogens is 1. The van der Waals surface area contributed by atoms with Gasteiger partial charge < -0.3 is 25.5 Å². The average molecular weight is 403 g/mol. The van der Waals surface area contributed by atoms with E-state index in [0.717, 1.165) is 16.5 Å². The molecule has 1 unspecified atom stereocenters. The normalized spacial score (nSPS) is 13.0. The molecule has 2 aromatic rings. The Hall–Kier alpha value is -3.03. The Morgan fingerprint density at radius 2 is 1.79 bits per heavy atom. The first-order chi connectivity index (χ1) is 13.4. The van der Waals surface area contributed by atoms with Crippen LogP contribution in [0.4, 0.5) is 4.79 Å². The van der Waals surface area contributed by atoms with Crippen molar-refractivity contribution in [2.45, 2.75) is 64.6 Å². The zero-order chi connectivity index (χ0) is 21.8. The van der Waals surface area contributed by atoms with Crippen molar-refractivity contribution < 1.29 is 24.2 Å². The van der Waals surface area contributed by atoms with Crippen LogP contribution in [0.25, 0.3) is 10.9 Å². The molecule has 1 heterocycles. The van der Waals surface area contributed by atoms with E-state index >= 15 is 0 Å². The van der Waals surface area contributed by atoms with Gasteiger partial charge in [0.15, 0.2) is 0 Å². The second kappa shape index (κ2) is 8.55. The molecule has 8 heteroatoms. The van der Waals surface area contributed by atoms with Crippen LogP contribution in [0.15, 0.2) is 30.5 Å². The van der Waals surface area contributed by atoms with Gasteiger partial charge in [0.25, 0.3) is 0 Å². The highest BCUT2D eigenvalue weighted by atomic mass is 16.6. The van der Waals surface area contributed by atoms with Crippen molar-refractivity contribution in [2.24, 2.45) is 0 Å². The zero-order valence-corrected chi connectivity index (χ0v) is 17.5. The maximum absolute atomic E-state index is 12.5. The summed E-state index contributed by atoms with van der Waals surface area (Å²) in [7, 11) is 0. The Morgan fingerprint density at radius 1 is 1.14 bits per heavy atom. The number of carbonyl (C=O) groups is 3. The Morgan fingerprint density at radius 3 is 2.41 bits per heavy atom. The molecule has 4 N–H and O–H groups in total. The predicted molar refractivity (Wildman–Crippen MR) is 110 cm³/mol. The van der Waals surface area contributed by atoms with Crippen molar-refractivity contribution in [3.63, 3.8) is 0 Å². The van der Waals surface area contributed by atoms with Crippen LogP contribution in [0.3, 0.4) is 0 Å². The molecular formula is C21H29N3O5. The molecule has 1 atom stereocenters. The summed E-state index contributed by atoms with van der Waals surface area (Å²) in [5.74, 6) is -1.60. The fourth-order valence-electron chi connectivity index (χ4n) is 2.99. The number of alkyl carbamates (subject to hydrolysis) is 1. The lowest BCUT2D eigenvalue weighted by molar-refractivity contribution is -0.142. The fourth-order valence-corrected chi connectivity index (χ4v) is 2.99. The highest BCUT2D eigenvalue weighted by Gasteiger charge is 2.29. The first kappa shape index (κ1) is 22.3. The second-order valence-corrected chi connectivity index (χ2v) is 8.71. The van der Waals surface area contributed by atoms with Crippen molar-refractivity contribution in [3.05, 3.63) is 36.0 Å². The highest BCUT2D eigenvalue weighted by molar-refractivity contribution is 5.87. The van der Waals surface area contributed by atoms with Crippen LogP contribution >= 0.6 is 0 Å². The number of ether oxygens (including phenoxy) is 1. The molecule has 0 aliphatic heterocycles. The molecule has 1 aromatic carbocycles. The Balaban J connectivity index is 2.00. The van der Waals surface area contributed by atoms with E-state index in [9.17, 15) is 19.5 Å². The van der Waals surface area contributed by atoms with Gasteiger partial charge in [-0.2, -0.15) is 0 Å². The summed E-state index contributed by atoms with van der Waals surface area (Å²) in [6, 6.07) is 6.48. The van der Waals surface area contributed by atoms with E-state index in [4.69, 9.17) is 4.74 Å². The van der Waals surface area contributed by atoms with Gasteiger partial charge in [-0.3, -0.25) is 4.79 Å². The molecule has 0 aliphatic rings. The van der Waals surface area contributed by atoms with Crippen molar-refractivity contribution in [1.29, 1.82) is 0 Å². The molecule has 8 nitrogen and oxygen atoms in total. The number of carboxylic acids is 1. The van der Waals surface area contributed by atoms with E-state index in [1.54, 1.807) is 40.8 Å². The van der Waals surface area contributed by atoms with Gasteiger partial charge in [-0.1, -0.05) is 18.2 Å². The van der Waals surface area contributed by atoms with Gasteiger partial charge in [-0.15, -0.1) is 0 Å². The third kappa shape index (κ3) is 6.81. The lowest BCUT2D eigenvalue weighted by atomic mass is 9.99. The number of carboxylic acid groups (broad SMARTS) is 1. The number of rotatable bonds is 7. The third-order valence-electron chi connectivity index (χ3n) is 4.17. The van der Waals surface area contributed by atoms with Crippen LogP contribution < -0.4 is 10.6 Å². The SMILES string of the molecule is CC(C)(CC(=O)NC(Cc1c[nH]c2ccccc12)C(=O)O)NC(=O)OC(C)(C)C. The van der Waals surface area contributed by atoms with Gasteiger partial charge >= 0.3 is 12.1 Å². The van der Waals surface area contributed by atoms with Crippen LogP contribution in [0.5, 0.6) is 0 Å². The lowest BCUT2D eigenvalue weighted by Gasteiger charge is -2.28. The minimum Gasteiger partial charge on any atom is -0.480 e. The van der Waals surface area contributed by atoms with Gasteiger partial charge in [0, 0.05) is 35.5 Å². The number of aliphatic carboxylic acids is 1. The molecule has 2 amide bonds. The maximum Gasteiger partial charge on any atom is 0.408 e. The molecule has 0 saturated heterocycles. The maximum atomic E-state index is 12.5. The minimum absolute atomic E-state index is 0.0933. The molecule has 0 radical (unpaired) electrons. The highest BCUT2D eigenvalue weighted by Crippen LogP contribution is 2.19. The van der Waals surface area contributed by atoms with Crippen molar-refractivity contribution in [3.8, 4) is 0 Å². The van der Waals surface area contributed by atoms with Crippen LogP contribution in [-0.4, -0.2) is 45.2 Å². The zero-order valence-electron chi connectivity index (χ0n) is 17.5. The minimum atomic E-state index is -1.12. The fraction of sp³-hybridized carbons (Fsp3) is 0.476. The number of fused-ring (bicyclic) bond motifs is 1. The van der Waals surface area contributed by atoms with E-state index in [1.165, 1.54) is 0 Å². The van der Waals surface area contributed by atoms with Crippen molar-refractivity contribution in [1.82, 2.24) is 15.6 Å².